The number of aromatic nitrogens is 5. The lowest BCUT2D eigenvalue weighted by Crippen LogP contribution is -1.99. The Kier molecular flexibility index (Phi) is 3.16. The van der Waals surface area contributed by atoms with E-state index < -0.39 is 0 Å². The second kappa shape index (κ2) is 4.58. The summed E-state index contributed by atoms with van der Waals surface area (Å²) in [4.78, 5) is 4.34. The maximum atomic E-state index is 5.55. The van der Waals surface area contributed by atoms with Crippen LogP contribution in [-0.4, -0.2) is 25.2 Å². The van der Waals surface area contributed by atoms with Crippen molar-refractivity contribution in [3.05, 3.63) is 23.4 Å². The van der Waals surface area contributed by atoms with Crippen LogP contribution in [0.25, 0.3) is 0 Å². The maximum absolute atomic E-state index is 5.55. The minimum absolute atomic E-state index is 0.504. The number of rotatable bonds is 3. The number of hydrogen-bond acceptors (Lipinski definition) is 6. The molecule has 6 nitrogen and oxygen atoms in total. The molecule has 84 valence electrons. The third-order valence-electron chi connectivity index (χ3n) is 2.09. The molecule has 2 aromatic rings. The quantitative estimate of drug-likeness (QED) is 0.836. The third kappa shape index (κ3) is 2.20. The molecule has 0 atom stereocenters. The molecule has 0 aliphatic heterocycles. The molecule has 2 rings (SSSR count). The SMILES string of the molecule is Cc1cc(CN)cnc1Sc1nnnn1C. The van der Waals surface area contributed by atoms with Crippen molar-refractivity contribution in [2.45, 2.75) is 23.7 Å². The van der Waals surface area contributed by atoms with Gasteiger partial charge in [0.25, 0.3) is 0 Å². The van der Waals surface area contributed by atoms with E-state index in [4.69, 9.17) is 5.73 Å². The fraction of sp³-hybridized carbons (Fsp3) is 0.333. The lowest BCUT2D eigenvalue weighted by atomic mass is 10.2. The van der Waals surface area contributed by atoms with E-state index in [1.165, 1.54) is 11.8 Å². The summed E-state index contributed by atoms with van der Waals surface area (Å²) in [7, 11) is 1.80. The van der Waals surface area contributed by atoms with E-state index in [1.54, 1.807) is 17.9 Å². The average Bonchev–Trinajstić information content (AvgIpc) is 2.67. The van der Waals surface area contributed by atoms with Crippen LogP contribution in [0, 0.1) is 6.92 Å². The van der Waals surface area contributed by atoms with Crippen molar-refractivity contribution >= 4 is 11.8 Å². The Morgan fingerprint density at radius 2 is 2.31 bits per heavy atom. The first-order valence-corrected chi connectivity index (χ1v) is 5.58. The molecule has 0 spiro atoms. The second-order valence-electron chi connectivity index (χ2n) is 3.36. The summed E-state index contributed by atoms with van der Waals surface area (Å²) in [5.41, 5.74) is 7.65. The van der Waals surface area contributed by atoms with Crippen molar-refractivity contribution in [2.24, 2.45) is 12.8 Å². The molecule has 0 saturated carbocycles. The van der Waals surface area contributed by atoms with E-state index in [-0.39, 0.29) is 0 Å². The molecule has 0 aliphatic rings. The normalized spacial score (nSPS) is 10.7. The first-order valence-electron chi connectivity index (χ1n) is 4.76. The molecule has 0 saturated heterocycles. The molecule has 0 radical (unpaired) electrons. The highest BCUT2D eigenvalue weighted by Crippen LogP contribution is 2.25. The zero-order valence-corrected chi connectivity index (χ0v) is 9.90. The van der Waals surface area contributed by atoms with Gasteiger partial charge in [-0.3, -0.25) is 0 Å². The van der Waals surface area contributed by atoms with Gasteiger partial charge in [-0.1, -0.05) is 6.07 Å². The number of tetrazole rings is 1. The molecule has 0 aromatic carbocycles. The molecule has 16 heavy (non-hydrogen) atoms. The smallest absolute Gasteiger partial charge is 0.215 e. The number of aryl methyl sites for hydroxylation is 2. The van der Waals surface area contributed by atoms with Crippen LogP contribution in [-0.2, 0) is 13.6 Å². The third-order valence-corrected chi connectivity index (χ3v) is 3.24. The van der Waals surface area contributed by atoms with Crippen LogP contribution in [0.2, 0.25) is 0 Å². The van der Waals surface area contributed by atoms with Gasteiger partial charge in [0.15, 0.2) is 0 Å². The highest BCUT2D eigenvalue weighted by atomic mass is 32.2. The van der Waals surface area contributed by atoms with E-state index in [9.17, 15) is 0 Å². The molecule has 0 fully saturated rings. The van der Waals surface area contributed by atoms with Gasteiger partial charge >= 0.3 is 0 Å². The van der Waals surface area contributed by atoms with Gasteiger partial charge in [0.05, 0.1) is 0 Å². The molecule has 0 amide bonds. The highest BCUT2D eigenvalue weighted by Gasteiger charge is 2.08. The summed E-state index contributed by atoms with van der Waals surface area (Å²) < 4.78 is 1.61. The topological polar surface area (TPSA) is 82.5 Å². The summed E-state index contributed by atoms with van der Waals surface area (Å²) in [5.74, 6) is 0. The average molecular weight is 236 g/mol. The van der Waals surface area contributed by atoms with Crippen LogP contribution in [0.1, 0.15) is 11.1 Å². The first kappa shape index (κ1) is 11.0. The number of nitrogens with two attached hydrogens (primary N) is 1. The lowest BCUT2D eigenvalue weighted by Gasteiger charge is -2.04. The van der Waals surface area contributed by atoms with Crippen molar-refractivity contribution in [1.82, 2.24) is 25.2 Å². The van der Waals surface area contributed by atoms with Crippen LogP contribution in [0.5, 0.6) is 0 Å². The number of nitrogens with zero attached hydrogens (tertiary/aromatic N) is 5. The van der Waals surface area contributed by atoms with Gasteiger partial charge in [0.2, 0.25) is 5.16 Å². The van der Waals surface area contributed by atoms with Crippen molar-refractivity contribution in [3.8, 4) is 0 Å². The van der Waals surface area contributed by atoms with Crippen molar-refractivity contribution < 1.29 is 0 Å². The summed E-state index contributed by atoms with van der Waals surface area (Å²) in [6.45, 7) is 2.50. The van der Waals surface area contributed by atoms with Gasteiger partial charge in [-0.05, 0) is 40.2 Å². The van der Waals surface area contributed by atoms with E-state index >= 15 is 0 Å². The fourth-order valence-corrected chi connectivity index (χ4v) is 1.98. The van der Waals surface area contributed by atoms with Gasteiger partial charge in [-0.2, -0.15) is 0 Å². The van der Waals surface area contributed by atoms with Gasteiger partial charge < -0.3 is 5.73 Å². The minimum atomic E-state index is 0.504. The van der Waals surface area contributed by atoms with Crippen LogP contribution in [0.3, 0.4) is 0 Å². The van der Waals surface area contributed by atoms with E-state index in [0.29, 0.717) is 6.54 Å². The first-order chi connectivity index (χ1) is 7.70. The van der Waals surface area contributed by atoms with Gasteiger partial charge in [0, 0.05) is 19.8 Å². The minimum Gasteiger partial charge on any atom is -0.326 e. The van der Waals surface area contributed by atoms with Crippen molar-refractivity contribution in [1.29, 1.82) is 0 Å². The molecule has 7 heteroatoms. The zero-order chi connectivity index (χ0) is 11.5. The molecule has 2 aromatic heterocycles. The lowest BCUT2D eigenvalue weighted by molar-refractivity contribution is 0.664. The Morgan fingerprint density at radius 3 is 2.88 bits per heavy atom. The Hall–Kier alpha value is -1.47. The molecule has 2 heterocycles. The summed E-state index contributed by atoms with van der Waals surface area (Å²) >= 11 is 1.44. The fourth-order valence-electron chi connectivity index (χ4n) is 1.23. The molecular weight excluding hydrogens is 224 g/mol. The summed E-state index contributed by atoms with van der Waals surface area (Å²) in [5, 5.41) is 12.9. The molecule has 0 bridgehead atoms. The van der Waals surface area contributed by atoms with Crippen LogP contribution in [0.15, 0.2) is 22.4 Å². The van der Waals surface area contributed by atoms with Gasteiger partial charge in [-0.15, -0.1) is 5.10 Å². The largest absolute Gasteiger partial charge is 0.326 e. The Bertz CT molecular complexity index is 494. The zero-order valence-electron chi connectivity index (χ0n) is 9.08. The standard InChI is InChI=1S/C9H12N6S/c1-6-3-7(4-10)5-11-8(6)16-9-12-13-14-15(9)2/h3,5H,4,10H2,1-2H3. The number of pyridine rings is 1. The predicted molar refractivity (Wildman–Crippen MR) is 59.8 cm³/mol. The van der Waals surface area contributed by atoms with E-state index in [0.717, 1.165) is 21.3 Å². The molecule has 2 N–H and O–H groups in total. The van der Waals surface area contributed by atoms with E-state index in [2.05, 4.69) is 20.5 Å². The monoisotopic (exact) mass is 236 g/mol. The molecule has 0 aliphatic carbocycles. The van der Waals surface area contributed by atoms with Crippen molar-refractivity contribution in [3.63, 3.8) is 0 Å². The highest BCUT2D eigenvalue weighted by molar-refractivity contribution is 7.99. The van der Waals surface area contributed by atoms with Crippen LogP contribution in [0.4, 0.5) is 0 Å². The maximum Gasteiger partial charge on any atom is 0.215 e. The van der Waals surface area contributed by atoms with Gasteiger partial charge in [0.1, 0.15) is 5.03 Å². The van der Waals surface area contributed by atoms with Crippen LogP contribution < -0.4 is 5.73 Å². The number of hydrogen-bond donors (Lipinski definition) is 1. The second-order valence-corrected chi connectivity index (χ2v) is 4.31. The van der Waals surface area contributed by atoms with Crippen LogP contribution >= 0.6 is 11.8 Å². The predicted octanol–water partition coefficient (Wildman–Crippen LogP) is 0.523. The van der Waals surface area contributed by atoms with Crippen molar-refractivity contribution in [2.75, 3.05) is 0 Å². The Labute approximate surface area is 97.2 Å². The van der Waals surface area contributed by atoms with Gasteiger partial charge in [-0.25, -0.2) is 9.67 Å². The molecule has 0 unspecified atom stereocenters. The summed E-state index contributed by atoms with van der Waals surface area (Å²) in [6, 6.07) is 2.03. The molecular formula is C9H12N6S. The Morgan fingerprint density at radius 1 is 1.50 bits per heavy atom. The summed E-state index contributed by atoms with van der Waals surface area (Å²) in [6.07, 6.45) is 1.78. The Balaban J connectivity index is 2.25. The van der Waals surface area contributed by atoms with E-state index in [1.807, 2.05) is 13.0 Å².